The molecule has 2 fully saturated rings. The zero-order valence-electron chi connectivity index (χ0n) is 35.9. The smallest absolute Gasteiger partial charge is 0.295 e. The monoisotopic (exact) mass is 948 g/mol. The Morgan fingerprint density at radius 1 is 0.682 bits per heavy atom. The summed E-state index contributed by atoms with van der Waals surface area (Å²) < 4.78 is 40.9. The Bertz CT molecular complexity index is 2520. The van der Waals surface area contributed by atoms with Gasteiger partial charge in [0.05, 0.1) is 31.4 Å². The molecule has 9 N–H and O–H groups in total. The maximum Gasteiger partial charge on any atom is 0.295 e. The molecule has 0 spiro atoms. The Hall–Kier alpha value is -5.84. The highest BCUT2D eigenvalue weighted by Crippen LogP contribution is 2.32. The van der Waals surface area contributed by atoms with Crippen molar-refractivity contribution in [3.8, 4) is 0 Å². The van der Waals surface area contributed by atoms with Crippen LogP contribution in [0.4, 0.5) is 52.8 Å². The Balaban J connectivity index is 1.12. The van der Waals surface area contributed by atoms with E-state index in [0.717, 1.165) is 5.69 Å². The van der Waals surface area contributed by atoms with Crippen molar-refractivity contribution in [2.24, 2.45) is 0 Å². The topological polar surface area (TPSA) is 292 Å². The van der Waals surface area contributed by atoms with Gasteiger partial charge in [-0.2, -0.15) is 38.3 Å². The lowest BCUT2D eigenvalue weighted by atomic mass is 10.1. The van der Waals surface area contributed by atoms with Gasteiger partial charge in [-0.15, -0.1) is 4.33 Å². The van der Waals surface area contributed by atoms with Gasteiger partial charge in [-0.25, -0.2) is 5.26 Å². The van der Waals surface area contributed by atoms with E-state index in [4.69, 9.17) is 9.59 Å². The highest BCUT2D eigenvalue weighted by Gasteiger charge is 2.23. The second-order valence-electron chi connectivity index (χ2n) is 15.2. The third-order valence-corrected chi connectivity index (χ3v) is 12.0. The quantitative estimate of drug-likeness (QED) is 0.0168. The van der Waals surface area contributed by atoms with Gasteiger partial charge < -0.3 is 46.4 Å². The van der Waals surface area contributed by atoms with E-state index in [1.165, 1.54) is 18.2 Å². The Kier molecular flexibility index (Phi) is 16.8. The Labute approximate surface area is 385 Å². The van der Waals surface area contributed by atoms with Gasteiger partial charge in [-0.05, 0) is 54.4 Å². The van der Waals surface area contributed by atoms with Crippen molar-refractivity contribution < 1.29 is 42.9 Å². The minimum Gasteiger partial charge on any atom is -0.395 e. The van der Waals surface area contributed by atoms with Crippen molar-refractivity contribution in [2.45, 2.75) is 22.8 Å². The number of nitrogens with one attached hydrogen (secondary N) is 4. The van der Waals surface area contributed by atoms with Crippen LogP contribution in [0.5, 0.6) is 0 Å². The van der Waals surface area contributed by atoms with Crippen LogP contribution in [0.25, 0.3) is 12.2 Å². The summed E-state index contributed by atoms with van der Waals surface area (Å²) in [5.41, 5.74) is 2.18. The molecule has 4 heterocycles. The Morgan fingerprint density at radius 3 is 1.71 bits per heavy atom. The number of aromatic nitrogens is 6. The third kappa shape index (κ3) is 13.6. The fourth-order valence-corrected chi connectivity index (χ4v) is 8.28. The zero-order chi connectivity index (χ0) is 46.5. The fourth-order valence-electron chi connectivity index (χ4n) is 7.06. The van der Waals surface area contributed by atoms with E-state index in [2.05, 4.69) is 66.0 Å². The number of anilines is 9. The first-order valence-corrected chi connectivity index (χ1v) is 23.2. The molecule has 0 saturated carbocycles. The van der Waals surface area contributed by atoms with Crippen LogP contribution in [-0.4, -0.2) is 165 Å². The molecule has 352 valence electrons. The number of hydrogen-bond acceptors (Lipinski definition) is 23. The van der Waals surface area contributed by atoms with Crippen LogP contribution < -0.4 is 31.1 Å². The van der Waals surface area contributed by atoms with Gasteiger partial charge in [-0.3, -0.25) is 14.4 Å². The van der Waals surface area contributed by atoms with E-state index < -0.39 is 21.1 Å². The van der Waals surface area contributed by atoms with E-state index >= 15 is 0 Å². The summed E-state index contributed by atoms with van der Waals surface area (Å²) in [5.74, 6) is 1.63. The molecule has 3 aromatic carbocycles. The van der Waals surface area contributed by atoms with Gasteiger partial charge in [0.25, 0.3) is 10.1 Å². The standard InChI is InChI=1S/C41H52N14O9S2/c1-28(58)27-42-36-46-38(50-40(48-36)54-17-13-52(14-18-54)21-23-56)44-32-11-9-29(34(25-32)65-64-63-59)7-8-30-10-12-33(26-35(30)66(60,61)62)45-39-47-37(43-31-5-3-2-4-6-31)49-41(51-39)55-19-15-53(16-20-55)22-24-57/h2-12,25-26,28,56-59H,13-24,27H2,1H3,(H,60,61,62)(H2,42,44,46,48,50)(H2,43,45,47,49,51). The molecule has 23 nitrogen and oxygen atoms in total. The molecule has 2 aliphatic rings. The highest BCUT2D eigenvalue weighted by atomic mass is 32.2. The number of β-amino-alcohol motifs (C(OH)–C–C–N with tert-alkyl or cyclic N) is 2. The minimum absolute atomic E-state index is 0.0655. The Morgan fingerprint density at radius 2 is 1.18 bits per heavy atom. The number of para-hydroxylation sites is 1. The lowest BCUT2D eigenvalue weighted by Crippen LogP contribution is -2.47. The molecule has 66 heavy (non-hydrogen) atoms. The van der Waals surface area contributed by atoms with Gasteiger partial charge in [0.15, 0.2) is 0 Å². The lowest BCUT2D eigenvalue weighted by Gasteiger charge is -2.34. The van der Waals surface area contributed by atoms with Crippen LogP contribution in [0.15, 0.2) is 76.5 Å². The molecule has 25 heteroatoms. The molecular formula is C41H52N14O9S2. The SMILES string of the molecule is CC(O)CNc1nc(Nc2ccc(C=Cc3ccc(Nc4nc(Nc5ccccc5)nc(N5CCN(CCO)CC5)n4)cc3S(=O)(=O)O)c(SOOO)c2)nc(N2CCN(CCO)CC2)n1. The van der Waals surface area contributed by atoms with Gasteiger partial charge in [0, 0.05) is 93.9 Å². The number of aliphatic hydroxyl groups is 3. The van der Waals surface area contributed by atoms with Gasteiger partial charge in [0.2, 0.25) is 35.7 Å². The number of benzene rings is 3. The van der Waals surface area contributed by atoms with E-state index in [1.807, 2.05) is 40.1 Å². The molecule has 1 unspecified atom stereocenters. The van der Waals surface area contributed by atoms with Crippen molar-refractivity contribution in [1.82, 2.24) is 39.7 Å². The molecule has 2 aliphatic heterocycles. The normalized spacial score (nSPS) is 15.5. The molecule has 7 rings (SSSR count). The molecule has 0 amide bonds. The highest BCUT2D eigenvalue weighted by molar-refractivity contribution is 7.94. The first kappa shape index (κ1) is 48.1. The van der Waals surface area contributed by atoms with Crippen LogP contribution in [0.3, 0.4) is 0 Å². The molecule has 0 bridgehead atoms. The van der Waals surface area contributed by atoms with E-state index in [1.54, 1.807) is 37.3 Å². The summed E-state index contributed by atoms with van der Waals surface area (Å²) in [6.07, 6.45) is 2.43. The molecule has 1 atom stereocenters. The number of aliphatic hydroxyl groups excluding tert-OH is 3. The van der Waals surface area contributed by atoms with Crippen molar-refractivity contribution >= 4 is 87.1 Å². The van der Waals surface area contributed by atoms with Crippen LogP contribution in [0.2, 0.25) is 0 Å². The predicted octanol–water partition coefficient (Wildman–Crippen LogP) is 3.15. The average molecular weight is 949 g/mol. The van der Waals surface area contributed by atoms with Crippen LogP contribution >= 0.6 is 12.0 Å². The van der Waals surface area contributed by atoms with Crippen molar-refractivity contribution in [1.29, 1.82) is 0 Å². The minimum atomic E-state index is -4.77. The number of hydrogen-bond donors (Lipinski definition) is 9. The van der Waals surface area contributed by atoms with E-state index in [9.17, 15) is 28.3 Å². The summed E-state index contributed by atoms with van der Waals surface area (Å²) in [5, 5.41) is 54.0. The van der Waals surface area contributed by atoms with Crippen LogP contribution in [0.1, 0.15) is 18.1 Å². The van der Waals surface area contributed by atoms with E-state index in [-0.39, 0.29) is 54.8 Å². The summed E-state index contributed by atoms with van der Waals surface area (Å²) in [6.45, 7) is 8.40. The van der Waals surface area contributed by atoms with E-state index in [0.29, 0.717) is 106 Å². The molecule has 0 radical (unpaired) electrons. The van der Waals surface area contributed by atoms with Gasteiger partial charge >= 0.3 is 0 Å². The summed E-state index contributed by atoms with van der Waals surface area (Å²) in [7, 11) is -4.77. The third-order valence-electron chi connectivity index (χ3n) is 10.4. The van der Waals surface area contributed by atoms with Gasteiger partial charge in [-0.1, -0.05) is 47.5 Å². The second kappa shape index (κ2) is 23.1. The van der Waals surface area contributed by atoms with Gasteiger partial charge in [0.1, 0.15) is 4.90 Å². The van der Waals surface area contributed by atoms with Crippen LogP contribution in [-0.2, 0) is 19.5 Å². The molecule has 2 aromatic heterocycles. The van der Waals surface area contributed by atoms with Crippen LogP contribution in [0, 0.1) is 0 Å². The largest absolute Gasteiger partial charge is 0.395 e. The van der Waals surface area contributed by atoms with Crippen molar-refractivity contribution in [3.05, 3.63) is 77.9 Å². The zero-order valence-corrected chi connectivity index (χ0v) is 37.6. The molecule has 2 saturated heterocycles. The summed E-state index contributed by atoms with van der Waals surface area (Å²) in [6, 6.07) is 18.8. The molecular weight excluding hydrogens is 897 g/mol. The number of nitrogens with zero attached hydrogens (tertiary/aromatic N) is 10. The number of rotatable bonds is 21. The molecule has 0 aliphatic carbocycles. The maximum absolute atomic E-state index is 12.8. The first-order valence-electron chi connectivity index (χ1n) is 21.0. The van der Waals surface area contributed by atoms with Crippen molar-refractivity contribution in [2.75, 3.05) is 116 Å². The first-order chi connectivity index (χ1) is 32.0. The number of piperazine rings is 2. The summed E-state index contributed by atoms with van der Waals surface area (Å²) in [4.78, 5) is 35.9. The lowest BCUT2D eigenvalue weighted by molar-refractivity contribution is -0.432. The maximum atomic E-state index is 12.8. The van der Waals surface area contributed by atoms with Crippen molar-refractivity contribution in [3.63, 3.8) is 0 Å². The fraction of sp³-hybridized carbons (Fsp3) is 0.366. The average Bonchev–Trinajstić information content (AvgIpc) is 3.30. The summed E-state index contributed by atoms with van der Waals surface area (Å²) >= 11 is 0.675. The second-order valence-corrected chi connectivity index (χ2v) is 17.3. The molecule has 5 aromatic rings. The predicted molar refractivity (Wildman–Crippen MR) is 250 cm³/mol.